The standard InChI is InChI=1S/C22H32O4/c1-2-3-4-5-6-7-8-9-10-11-12-15-18-26-22(25)20-17-14-13-16-19(20)21(23)24/h8-9,13-14,16-17H,2-7,10-12,15,18H2,1H3,(H,23,24)/b9-8+. The predicted molar refractivity (Wildman–Crippen MR) is 105 cm³/mol. The zero-order valence-electron chi connectivity index (χ0n) is 15.9. The third-order valence-corrected chi connectivity index (χ3v) is 4.27. The molecule has 1 aromatic rings. The van der Waals surface area contributed by atoms with Crippen molar-refractivity contribution in [2.24, 2.45) is 0 Å². The number of hydrogen-bond donors (Lipinski definition) is 1. The number of carbonyl (C=O) groups is 2. The van der Waals surface area contributed by atoms with Crippen molar-refractivity contribution < 1.29 is 19.4 Å². The molecular weight excluding hydrogens is 328 g/mol. The van der Waals surface area contributed by atoms with Crippen LogP contribution in [0.15, 0.2) is 36.4 Å². The van der Waals surface area contributed by atoms with E-state index in [-0.39, 0.29) is 11.1 Å². The van der Waals surface area contributed by atoms with Crippen LogP contribution in [0, 0.1) is 0 Å². The number of aromatic carboxylic acids is 1. The first kappa shape index (κ1) is 21.9. The van der Waals surface area contributed by atoms with Gasteiger partial charge in [0.15, 0.2) is 0 Å². The highest BCUT2D eigenvalue weighted by Crippen LogP contribution is 2.11. The molecule has 0 fully saturated rings. The van der Waals surface area contributed by atoms with Crippen molar-refractivity contribution in [2.75, 3.05) is 6.61 Å². The summed E-state index contributed by atoms with van der Waals surface area (Å²) in [6.07, 6.45) is 16.2. The van der Waals surface area contributed by atoms with Gasteiger partial charge >= 0.3 is 11.9 Å². The maximum atomic E-state index is 12.0. The van der Waals surface area contributed by atoms with E-state index in [0.29, 0.717) is 6.61 Å². The Labute approximate surface area is 157 Å². The van der Waals surface area contributed by atoms with Gasteiger partial charge in [0, 0.05) is 0 Å². The van der Waals surface area contributed by atoms with Crippen LogP contribution in [0.1, 0.15) is 91.8 Å². The first-order chi connectivity index (χ1) is 12.7. The van der Waals surface area contributed by atoms with Crippen molar-refractivity contribution in [1.82, 2.24) is 0 Å². The number of allylic oxidation sites excluding steroid dienone is 2. The summed E-state index contributed by atoms with van der Waals surface area (Å²) in [5, 5.41) is 9.08. The minimum atomic E-state index is -1.12. The van der Waals surface area contributed by atoms with E-state index in [1.807, 2.05) is 0 Å². The minimum Gasteiger partial charge on any atom is -0.478 e. The number of carbonyl (C=O) groups excluding carboxylic acids is 1. The molecule has 1 rings (SSSR count). The summed E-state index contributed by atoms with van der Waals surface area (Å²) in [6.45, 7) is 2.56. The van der Waals surface area contributed by atoms with E-state index in [0.717, 1.165) is 25.7 Å². The molecule has 0 amide bonds. The highest BCUT2D eigenvalue weighted by molar-refractivity contribution is 6.02. The SMILES string of the molecule is CCCCCCC/C=C/CCCCCOC(=O)c1ccccc1C(=O)O. The lowest BCUT2D eigenvalue weighted by atomic mass is 10.1. The average molecular weight is 360 g/mol. The first-order valence-corrected chi connectivity index (χ1v) is 9.81. The number of carboxylic acids is 1. The molecule has 4 heteroatoms. The summed E-state index contributed by atoms with van der Waals surface area (Å²) in [5.74, 6) is -1.68. The molecule has 0 atom stereocenters. The average Bonchev–Trinajstić information content (AvgIpc) is 2.65. The van der Waals surface area contributed by atoms with E-state index in [1.54, 1.807) is 12.1 Å². The van der Waals surface area contributed by atoms with Crippen LogP contribution in [0.5, 0.6) is 0 Å². The second kappa shape index (κ2) is 14.1. The fourth-order valence-corrected chi connectivity index (χ4v) is 2.73. The third kappa shape index (κ3) is 9.40. The van der Waals surface area contributed by atoms with Crippen molar-refractivity contribution in [3.8, 4) is 0 Å². The summed E-state index contributed by atoms with van der Waals surface area (Å²) in [5.41, 5.74) is 0.0965. The zero-order chi connectivity index (χ0) is 19.0. The maximum Gasteiger partial charge on any atom is 0.339 e. The first-order valence-electron chi connectivity index (χ1n) is 9.81. The molecule has 144 valence electrons. The van der Waals surface area contributed by atoms with Crippen LogP contribution in [0.3, 0.4) is 0 Å². The minimum absolute atomic E-state index is 0.0164. The third-order valence-electron chi connectivity index (χ3n) is 4.27. The van der Waals surface area contributed by atoms with E-state index >= 15 is 0 Å². The van der Waals surface area contributed by atoms with Gasteiger partial charge in [0.1, 0.15) is 0 Å². The van der Waals surface area contributed by atoms with Gasteiger partial charge in [0.25, 0.3) is 0 Å². The van der Waals surface area contributed by atoms with Gasteiger partial charge in [-0.3, -0.25) is 0 Å². The van der Waals surface area contributed by atoms with Crippen LogP contribution >= 0.6 is 0 Å². The molecule has 0 aromatic heterocycles. The molecule has 0 aliphatic rings. The second-order valence-corrected chi connectivity index (χ2v) is 6.51. The fourth-order valence-electron chi connectivity index (χ4n) is 2.73. The number of carboxylic acid groups (broad SMARTS) is 1. The molecule has 0 radical (unpaired) electrons. The lowest BCUT2D eigenvalue weighted by molar-refractivity contribution is 0.0487. The van der Waals surface area contributed by atoms with Crippen molar-refractivity contribution in [3.63, 3.8) is 0 Å². The summed E-state index contributed by atoms with van der Waals surface area (Å²) in [6, 6.07) is 6.13. The monoisotopic (exact) mass is 360 g/mol. The molecule has 0 bridgehead atoms. The van der Waals surface area contributed by atoms with Gasteiger partial charge in [-0.1, -0.05) is 56.9 Å². The molecule has 0 aliphatic heterocycles. The molecular formula is C22H32O4. The van der Waals surface area contributed by atoms with Gasteiger partial charge in [0.2, 0.25) is 0 Å². The van der Waals surface area contributed by atoms with Gasteiger partial charge in [0.05, 0.1) is 17.7 Å². The van der Waals surface area contributed by atoms with Crippen LogP contribution in [-0.4, -0.2) is 23.7 Å². The van der Waals surface area contributed by atoms with Gasteiger partial charge in [-0.15, -0.1) is 0 Å². The molecule has 1 aromatic carbocycles. The van der Waals surface area contributed by atoms with Gasteiger partial charge in [-0.05, 0) is 50.7 Å². The van der Waals surface area contributed by atoms with Crippen molar-refractivity contribution in [3.05, 3.63) is 47.5 Å². The van der Waals surface area contributed by atoms with E-state index in [1.165, 1.54) is 50.7 Å². The topological polar surface area (TPSA) is 63.6 Å². The molecule has 26 heavy (non-hydrogen) atoms. The Hall–Kier alpha value is -2.10. The van der Waals surface area contributed by atoms with Crippen LogP contribution in [0.4, 0.5) is 0 Å². The Morgan fingerprint density at radius 2 is 1.46 bits per heavy atom. The molecule has 0 saturated carbocycles. The molecule has 1 N–H and O–H groups in total. The van der Waals surface area contributed by atoms with Crippen molar-refractivity contribution in [1.29, 1.82) is 0 Å². The van der Waals surface area contributed by atoms with Gasteiger partial charge < -0.3 is 9.84 Å². The molecule has 0 spiro atoms. The molecule has 4 nitrogen and oxygen atoms in total. The van der Waals surface area contributed by atoms with Crippen LogP contribution < -0.4 is 0 Å². The molecule has 0 saturated heterocycles. The van der Waals surface area contributed by atoms with E-state index < -0.39 is 11.9 Å². The quantitative estimate of drug-likeness (QED) is 0.250. The Kier molecular flexibility index (Phi) is 11.9. The Morgan fingerprint density at radius 1 is 0.885 bits per heavy atom. The van der Waals surface area contributed by atoms with Crippen LogP contribution in [0.2, 0.25) is 0 Å². The molecule has 0 heterocycles. The normalized spacial score (nSPS) is 11.0. The summed E-state index contributed by atoms with van der Waals surface area (Å²) < 4.78 is 5.19. The van der Waals surface area contributed by atoms with Crippen molar-refractivity contribution in [2.45, 2.75) is 71.1 Å². The van der Waals surface area contributed by atoms with Crippen LogP contribution in [0.25, 0.3) is 0 Å². The van der Waals surface area contributed by atoms with E-state index in [2.05, 4.69) is 19.1 Å². The number of ether oxygens (including phenoxy) is 1. The number of rotatable bonds is 14. The van der Waals surface area contributed by atoms with Crippen molar-refractivity contribution >= 4 is 11.9 Å². The number of esters is 1. The highest BCUT2D eigenvalue weighted by atomic mass is 16.5. The lowest BCUT2D eigenvalue weighted by Crippen LogP contribution is -2.12. The smallest absolute Gasteiger partial charge is 0.339 e. The zero-order valence-corrected chi connectivity index (χ0v) is 15.9. The summed E-state index contributed by atoms with van der Waals surface area (Å²) >= 11 is 0. The fraction of sp³-hybridized carbons (Fsp3) is 0.545. The lowest BCUT2D eigenvalue weighted by Gasteiger charge is -2.06. The Balaban J connectivity index is 2.07. The Bertz CT molecular complexity index is 563. The van der Waals surface area contributed by atoms with E-state index in [9.17, 15) is 9.59 Å². The van der Waals surface area contributed by atoms with Gasteiger partial charge in [-0.2, -0.15) is 0 Å². The van der Waals surface area contributed by atoms with Crippen LogP contribution in [-0.2, 0) is 4.74 Å². The largest absolute Gasteiger partial charge is 0.478 e. The number of unbranched alkanes of at least 4 members (excludes halogenated alkanes) is 8. The number of hydrogen-bond acceptors (Lipinski definition) is 3. The van der Waals surface area contributed by atoms with E-state index in [4.69, 9.17) is 9.84 Å². The highest BCUT2D eigenvalue weighted by Gasteiger charge is 2.16. The summed E-state index contributed by atoms with van der Waals surface area (Å²) in [4.78, 5) is 23.1. The van der Waals surface area contributed by atoms with Gasteiger partial charge in [-0.25, -0.2) is 9.59 Å². The predicted octanol–water partition coefficient (Wildman–Crippen LogP) is 6.02. The molecule has 0 aliphatic carbocycles. The Morgan fingerprint density at radius 3 is 2.08 bits per heavy atom. The number of benzene rings is 1. The maximum absolute atomic E-state index is 12.0. The summed E-state index contributed by atoms with van der Waals surface area (Å²) in [7, 11) is 0. The molecule has 0 unspecified atom stereocenters. The second-order valence-electron chi connectivity index (χ2n) is 6.51.